The Balaban J connectivity index is 2.96. The zero-order chi connectivity index (χ0) is 13.1. The second kappa shape index (κ2) is 5.05. The molecule has 7 heteroatoms. The molecule has 0 radical (unpaired) electrons. The minimum absolute atomic E-state index is 0.421. The molecule has 1 rings (SSSR count). The molecule has 0 aliphatic carbocycles. The van der Waals surface area contributed by atoms with Crippen LogP contribution in [0.15, 0.2) is 22.8 Å². The summed E-state index contributed by atoms with van der Waals surface area (Å²) in [7, 11) is -0.726. The average Bonchev–Trinajstić information content (AvgIpc) is 2.31. The molecule has 1 amide bonds. The molecule has 3 N–H and O–H groups in total. The molecule has 0 unspecified atom stereocenters. The maximum atomic E-state index is 11.8. The van der Waals surface area contributed by atoms with E-state index in [1.807, 2.05) is 0 Å². The number of nitrogens with one attached hydrogen (secondary N) is 1. The number of hydrogen-bond acceptors (Lipinski definition) is 5. The predicted molar refractivity (Wildman–Crippen MR) is 71.7 cm³/mol. The molecule has 0 heterocycles. The van der Waals surface area contributed by atoms with Crippen molar-refractivity contribution in [2.45, 2.75) is 0 Å². The first-order valence-electron chi connectivity index (χ1n) is 4.73. The third kappa shape index (κ3) is 3.10. The Bertz CT molecular complexity index is 448. The molecule has 0 spiro atoms. The number of carbonyl (C=O) groups is 1. The molecule has 6 nitrogen and oxygen atoms in total. The SMILES string of the molecule is COc1cc(N)ccc1NC(=O)S(C)(C)N=O. The quantitative estimate of drug-likeness (QED) is 0.642. The molecular formula is C10H15N3O3S. The van der Waals surface area contributed by atoms with Gasteiger partial charge in [0.2, 0.25) is 0 Å². The molecule has 0 bridgehead atoms. The normalized spacial score (nSPS) is 11.7. The number of nitrogen functional groups attached to an aromatic ring is 1. The van der Waals surface area contributed by atoms with Crippen LogP contribution in [-0.4, -0.2) is 24.9 Å². The highest BCUT2D eigenvalue weighted by atomic mass is 32.3. The van der Waals surface area contributed by atoms with Crippen LogP contribution >= 0.6 is 10.2 Å². The number of rotatable bonds is 3. The van der Waals surface area contributed by atoms with Gasteiger partial charge in [-0.05, 0) is 39.4 Å². The molecule has 0 fully saturated rings. The van der Waals surface area contributed by atoms with Crippen molar-refractivity contribution in [3.63, 3.8) is 0 Å². The molecule has 1 aromatic carbocycles. The Morgan fingerprint density at radius 1 is 1.47 bits per heavy atom. The fraction of sp³-hybridized carbons (Fsp3) is 0.300. The Hall–Kier alpha value is -1.76. The van der Waals surface area contributed by atoms with Crippen molar-refractivity contribution in [1.29, 1.82) is 0 Å². The van der Waals surface area contributed by atoms with E-state index in [9.17, 15) is 9.70 Å². The van der Waals surface area contributed by atoms with Gasteiger partial charge in [-0.15, -0.1) is 4.91 Å². The van der Waals surface area contributed by atoms with Crippen LogP contribution in [-0.2, 0) is 0 Å². The van der Waals surface area contributed by atoms with Gasteiger partial charge in [0.15, 0.2) is 0 Å². The Morgan fingerprint density at radius 3 is 2.65 bits per heavy atom. The van der Waals surface area contributed by atoms with Crippen LogP contribution in [0.5, 0.6) is 5.75 Å². The van der Waals surface area contributed by atoms with E-state index in [0.29, 0.717) is 17.1 Å². The standard InChI is InChI=1S/C10H15N3O3S/c1-16-9-6-7(11)4-5-8(9)12-10(14)17(2,3)13-15/h4-6H,11H2,1-3H3,(H,12,14). The largest absolute Gasteiger partial charge is 0.494 e. The summed E-state index contributed by atoms with van der Waals surface area (Å²) in [5.74, 6) is 0.444. The predicted octanol–water partition coefficient (Wildman–Crippen LogP) is 2.55. The lowest BCUT2D eigenvalue weighted by atomic mass is 10.2. The van der Waals surface area contributed by atoms with Crippen LogP contribution in [0.3, 0.4) is 0 Å². The second-order valence-corrected chi connectivity index (χ2v) is 6.79. The van der Waals surface area contributed by atoms with Gasteiger partial charge in [0.05, 0.1) is 12.8 Å². The Kier molecular flexibility index (Phi) is 3.95. The maximum Gasteiger partial charge on any atom is 0.287 e. The van der Waals surface area contributed by atoms with Gasteiger partial charge in [-0.1, -0.05) is 0 Å². The van der Waals surface area contributed by atoms with Gasteiger partial charge >= 0.3 is 0 Å². The second-order valence-electron chi connectivity index (χ2n) is 3.72. The van der Waals surface area contributed by atoms with Crippen LogP contribution in [0, 0.1) is 4.91 Å². The van der Waals surface area contributed by atoms with E-state index in [4.69, 9.17) is 10.5 Å². The fourth-order valence-electron chi connectivity index (χ4n) is 1.08. The van der Waals surface area contributed by atoms with Gasteiger partial charge in [-0.3, -0.25) is 4.79 Å². The summed E-state index contributed by atoms with van der Waals surface area (Å²) in [6.07, 6.45) is 3.03. The van der Waals surface area contributed by atoms with Gasteiger partial charge in [0.25, 0.3) is 5.24 Å². The van der Waals surface area contributed by atoms with Crippen LogP contribution in [0.25, 0.3) is 0 Å². The summed E-state index contributed by atoms with van der Waals surface area (Å²) in [4.78, 5) is 22.3. The van der Waals surface area contributed by atoms with Gasteiger partial charge in [0, 0.05) is 11.8 Å². The number of benzene rings is 1. The van der Waals surface area contributed by atoms with Crippen molar-refractivity contribution in [1.82, 2.24) is 0 Å². The number of ether oxygens (including phenoxy) is 1. The first-order chi connectivity index (χ1) is 7.90. The fourth-order valence-corrected chi connectivity index (χ4v) is 1.51. The van der Waals surface area contributed by atoms with Crippen LogP contribution in [0.2, 0.25) is 0 Å². The summed E-state index contributed by atoms with van der Waals surface area (Å²) in [6, 6.07) is 4.84. The monoisotopic (exact) mass is 257 g/mol. The number of hydrogen-bond donors (Lipinski definition) is 2. The molecule has 0 saturated heterocycles. The highest BCUT2D eigenvalue weighted by Crippen LogP contribution is 2.43. The third-order valence-corrected chi connectivity index (χ3v) is 3.48. The van der Waals surface area contributed by atoms with Crippen molar-refractivity contribution >= 4 is 26.8 Å². The number of methoxy groups -OCH3 is 1. The van der Waals surface area contributed by atoms with E-state index in [1.165, 1.54) is 19.6 Å². The van der Waals surface area contributed by atoms with E-state index in [2.05, 4.69) is 9.90 Å². The Labute approximate surface area is 101 Å². The summed E-state index contributed by atoms with van der Waals surface area (Å²) in [5, 5.41) is 2.18. The zero-order valence-electron chi connectivity index (χ0n) is 9.89. The van der Waals surface area contributed by atoms with E-state index in [0.717, 1.165) is 0 Å². The molecule has 0 aliphatic heterocycles. The van der Waals surface area contributed by atoms with Crippen LogP contribution < -0.4 is 15.8 Å². The molecule has 0 aliphatic rings. The summed E-state index contributed by atoms with van der Waals surface area (Å²) in [5.41, 5.74) is 6.59. The number of nitrogens with zero attached hydrogens (tertiary/aromatic N) is 1. The maximum absolute atomic E-state index is 11.8. The van der Waals surface area contributed by atoms with Crippen molar-refractivity contribution in [3.8, 4) is 5.75 Å². The number of nitrogens with two attached hydrogens (primary N) is 1. The number of carbonyl (C=O) groups excluding carboxylic acids is 1. The molecular weight excluding hydrogens is 242 g/mol. The lowest BCUT2D eigenvalue weighted by Crippen LogP contribution is -2.15. The molecule has 0 atom stereocenters. The van der Waals surface area contributed by atoms with Crippen molar-refractivity contribution in [2.75, 3.05) is 30.7 Å². The summed E-state index contributed by atoms with van der Waals surface area (Å²) >= 11 is 0. The van der Waals surface area contributed by atoms with Gasteiger partial charge in [0.1, 0.15) is 5.75 Å². The van der Waals surface area contributed by atoms with Crippen molar-refractivity contribution < 1.29 is 9.53 Å². The minimum atomic E-state index is -2.20. The lowest BCUT2D eigenvalue weighted by molar-refractivity contribution is 0.269. The third-order valence-electron chi connectivity index (χ3n) is 2.10. The molecule has 17 heavy (non-hydrogen) atoms. The van der Waals surface area contributed by atoms with Crippen molar-refractivity contribution in [2.24, 2.45) is 4.58 Å². The van der Waals surface area contributed by atoms with E-state index >= 15 is 0 Å². The van der Waals surface area contributed by atoms with E-state index < -0.39 is 15.5 Å². The van der Waals surface area contributed by atoms with Crippen LogP contribution in [0.4, 0.5) is 16.2 Å². The van der Waals surface area contributed by atoms with Crippen molar-refractivity contribution in [3.05, 3.63) is 23.1 Å². The van der Waals surface area contributed by atoms with Crippen LogP contribution in [0.1, 0.15) is 0 Å². The van der Waals surface area contributed by atoms with E-state index in [-0.39, 0.29) is 0 Å². The first-order valence-corrected chi connectivity index (χ1v) is 7.14. The molecule has 0 aromatic heterocycles. The van der Waals surface area contributed by atoms with Gasteiger partial charge in [-0.25, -0.2) is 0 Å². The van der Waals surface area contributed by atoms with E-state index in [1.54, 1.807) is 18.2 Å². The van der Waals surface area contributed by atoms with Gasteiger partial charge in [-0.2, -0.15) is 0 Å². The topological polar surface area (TPSA) is 93.8 Å². The average molecular weight is 257 g/mol. The van der Waals surface area contributed by atoms with Gasteiger partial charge < -0.3 is 15.8 Å². The highest BCUT2D eigenvalue weighted by molar-refractivity contribution is 8.43. The zero-order valence-corrected chi connectivity index (χ0v) is 10.7. The highest BCUT2D eigenvalue weighted by Gasteiger charge is 2.23. The molecule has 1 aromatic rings. The molecule has 94 valence electrons. The first kappa shape index (κ1) is 13.3. The number of anilines is 2. The number of nitroso groups, excluding NO2 is 1. The smallest absolute Gasteiger partial charge is 0.287 e. The lowest BCUT2D eigenvalue weighted by Gasteiger charge is -2.20. The molecule has 0 saturated carbocycles. The Morgan fingerprint density at radius 2 is 2.12 bits per heavy atom. The number of amides is 1. The summed E-state index contributed by atoms with van der Waals surface area (Å²) < 4.78 is 7.92. The summed E-state index contributed by atoms with van der Waals surface area (Å²) in [6.45, 7) is 0. The minimum Gasteiger partial charge on any atom is -0.494 e.